The second-order valence-electron chi connectivity index (χ2n) is 6.46. The summed E-state index contributed by atoms with van der Waals surface area (Å²) in [6.45, 7) is 9.23. The van der Waals surface area contributed by atoms with Crippen molar-refractivity contribution in [2.75, 3.05) is 13.1 Å². The molecule has 0 aromatic carbocycles. The van der Waals surface area contributed by atoms with Gasteiger partial charge in [0.15, 0.2) is 11.5 Å². The molecule has 4 aromatic rings. The minimum absolute atomic E-state index is 0.0430. The SMILES string of the molecule is CCN(CC)C(=O)c1sc2ncn3nc(-c4cn(C)nc4C)nc3c2c1C. The van der Waals surface area contributed by atoms with Crippen LogP contribution in [0.4, 0.5) is 0 Å². The molecule has 0 aliphatic heterocycles. The van der Waals surface area contributed by atoms with Crippen LogP contribution in [0, 0.1) is 13.8 Å². The Bertz CT molecular complexity index is 1170. The van der Waals surface area contributed by atoms with E-state index < -0.39 is 0 Å². The van der Waals surface area contributed by atoms with Gasteiger partial charge in [-0.05, 0) is 33.3 Å². The molecule has 4 aromatic heterocycles. The predicted octanol–water partition coefficient (Wildman–Crippen LogP) is 2.84. The Kier molecular flexibility index (Phi) is 4.18. The zero-order valence-electron chi connectivity index (χ0n) is 16.0. The highest BCUT2D eigenvalue weighted by molar-refractivity contribution is 7.20. The highest BCUT2D eigenvalue weighted by atomic mass is 32.1. The fraction of sp³-hybridized carbons (Fsp3) is 0.389. The molecule has 0 aliphatic carbocycles. The van der Waals surface area contributed by atoms with E-state index >= 15 is 0 Å². The van der Waals surface area contributed by atoms with Gasteiger partial charge in [0, 0.05) is 26.3 Å². The number of aromatic nitrogens is 6. The third-order valence-electron chi connectivity index (χ3n) is 4.77. The van der Waals surface area contributed by atoms with Crippen molar-refractivity contribution in [3.05, 3.63) is 28.7 Å². The monoisotopic (exact) mass is 383 g/mol. The van der Waals surface area contributed by atoms with E-state index in [4.69, 9.17) is 4.98 Å². The molecule has 4 heterocycles. The van der Waals surface area contributed by atoms with Crippen molar-refractivity contribution < 1.29 is 4.79 Å². The van der Waals surface area contributed by atoms with E-state index in [2.05, 4.69) is 15.2 Å². The van der Waals surface area contributed by atoms with Crippen LogP contribution in [0.2, 0.25) is 0 Å². The summed E-state index contributed by atoms with van der Waals surface area (Å²) in [6.07, 6.45) is 3.56. The molecule has 4 rings (SSSR count). The van der Waals surface area contributed by atoms with E-state index in [0.717, 1.165) is 31.9 Å². The maximum Gasteiger partial charge on any atom is 0.264 e. The van der Waals surface area contributed by atoms with E-state index in [-0.39, 0.29) is 5.91 Å². The minimum atomic E-state index is 0.0430. The maximum atomic E-state index is 12.9. The number of rotatable bonds is 4. The Balaban J connectivity index is 1.91. The largest absolute Gasteiger partial charge is 0.338 e. The second kappa shape index (κ2) is 6.41. The van der Waals surface area contributed by atoms with Crippen LogP contribution in [0.3, 0.4) is 0 Å². The molecule has 0 atom stereocenters. The van der Waals surface area contributed by atoms with Crippen molar-refractivity contribution in [2.24, 2.45) is 7.05 Å². The molecular formula is C18H21N7OS. The zero-order chi connectivity index (χ0) is 19.3. The van der Waals surface area contributed by atoms with Crippen molar-refractivity contribution in [2.45, 2.75) is 27.7 Å². The van der Waals surface area contributed by atoms with E-state index in [1.165, 1.54) is 11.3 Å². The number of hydrogen-bond acceptors (Lipinski definition) is 6. The van der Waals surface area contributed by atoms with Gasteiger partial charge in [-0.2, -0.15) is 5.10 Å². The van der Waals surface area contributed by atoms with Gasteiger partial charge in [-0.25, -0.2) is 14.5 Å². The van der Waals surface area contributed by atoms with Gasteiger partial charge >= 0.3 is 0 Å². The quantitative estimate of drug-likeness (QED) is 0.541. The summed E-state index contributed by atoms with van der Waals surface area (Å²) in [5, 5.41) is 9.82. The van der Waals surface area contributed by atoms with Gasteiger partial charge in [-0.15, -0.1) is 16.4 Å². The number of thiophene rings is 1. The van der Waals surface area contributed by atoms with Gasteiger partial charge in [0.05, 0.1) is 21.5 Å². The van der Waals surface area contributed by atoms with E-state index in [9.17, 15) is 4.79 Å². The van der Waals surface area contributed by atoms with Crippen LogP contribution < -0.4 is 0 Å². The van der Waals surface area contributed by atoms with Gasteiger partial charge < -0.3 is 4.90 Å². The molecule has 27 heavy (non-hydrogen) atoms. The number of hydrogen-bond donors (Lipinski definition) is 0. The van der Waals surface area contributed by atoms with Crippen LogP contribution in [0.25, 0.3) is 27.3 Å². The van der Waals surface area contributed by atoms with Crippen molar-refractivity contribution in [1.29, 1.82) is 0 Å². The minimum Gasteiger partial charge on any atom is -0.338 e. The average molecular weight is 383 g/mol. The molecule has 0 radical (unpaired) electrons. The van der Waals surface area contributed by atoms with Crippen molar-refractivity contribution in [3.63, 3.8) is 0 Å². The first-order valence-corrected chi connectivity index (χ1v) is 9.70. The highest BCUT2D eigenvalue weighted by Crippen LogP contribution is 2.33. The van der Waals surface area contributed by atoms with Gasteiger partial charge in [0.1, 0.15) is 11.2 Å². The lowest BCUT2D eigenvalue weighted by Crippen LogP contribution is -2.30. The molecule has 0 fully saturated rings. The van der Waals surface area contributed by atoms with Gasteiger partial charge in [-0.1, -0.05) is 0 Å². The number of amides is 1. The zero-order valence-corrected chi connectivity index (χ0v) is 16.8. The average Bonchev–Trinajstić information content (AvgIpc) is 3.30. The summed E-state index contributed by atoms with van der Waals surface area (Å²) in [5.74, 6) is 0.651. The summed E-state index contributed by atoms with van der Waals surface area (Å²) >= 11 is 1.42. The smallest absolute Gasteiger partial charge is 0.264 e. The summed E-state index contributed by atoms with van der Waals surface area (Å²) in [4.78, 5) is 25.5. The van der Waals surface area contributed by atoms with Crippen LogP contribution in [0.15, 0.2) is 12.5 Å². The molecule has 0 bridgehead atoms. The van der Waals surface area contributed by atoms with E-state index in [0.29, 0.717) is 24.6 Å². The third-order valence-corrected chi connectivity index (χ3v) is 5.95. The standard InChI is InChI=1S/C18H21N7OS/c1-6-24(7-2)18(26)14-10(3)13-16-20-15(12-8-23(5)21-11(12)4)22-25(16)9-19-17(13)27-14/h8-9H,6-7H2,1-5H3. The number of carbonyl (C=O) groups excluding carboxylic acids is 1. The van der Waals surface area contributed by atoms with E-state index in [1.807, 2.05) is 45.8 Å². The Morgan fingerprint density at radius 3 is 2.59 bits per heavy atom. The highest BCUT2D eigenvalue weighted by Gasteiger charge is 2.23. The van der Waals surface area contributed by atoms with Crippen LogP contribution >= 0.6 is 11.3 Å². The van der Waals surface area contributed by atoms with Gasteiger partial charge in [0.25, 0.3) is 5.91 Å². The van der Waals surface area contributed by atoms with Crippen LogP contribution in [0.1, 0.15) is 34.8 Å². The molecule has 0 saturated carbocycles. The molecule has 1 amide bonds. The summed E-state index contributed by atoms with van der Waals surface area (Å²) < 4.78 is 3.43. The Hall–Kier alpha value is -2.81. The van der Waals surface area contributed by atoms with Crippen LogP contribution in [0.5, 0.6) is 0 Å². The fourth-order valence-corrected chi connectivity index (χ4v) is 4.44. The van der Waals surface area contributed by atoms with Crippen LogP contribution in [-0.2, 0) is 7.05 Å². The molecular weight excluding hydrogens is 362 g/mol. The number of aryl methyl sites for hydroxylation is 3. The molecule has 0 spiro atoms. The second-order valence-corrected chi connectivity index (χ2v) is 7.46. The lowest BCUT2D eigenvalue weighted by molar-refractivity contribution is 0.0777. The Morgan fingerprint density at radius 2 is 1.96 bits per heavy atom. The maximum absolute atomic E-state index is 12.9. The first kappa shape index (κ1) is 17.6. The third kappa shape index (κ3) is 2.69. The van der Waals surface area contributed by atoms with Crippen molar-refractivity contribution in [3.8, 4) is 11.4 Å². The van der Waals surface area contributed by atoms with Crippen molar-refractivity contribution in [1.82, 2.24) is 34.3 Å². The predicted molar refractivity (Wildman–Crippen MR) is 105 cm³/mol. The van der Waals surface area contributed by atoms with Gasteiger partial charge in [0.2, 0.25) is 0 Å². The Morgan fingerprint density at radius 1 is 1.22 bits per heavy atom. The lowest BCUT2D eigenvalue weighted by atomic mass is 10.2. The first-order chi connectivity index (χ1) is 12.9. The van der Waals surface area contributed by atoms with Crippen molar-refractivity contribution >= 4 is 33.1 Å². The van der Waals surface area contributed by atoms with Crippen LogP contribution in [-0.4, -0.2) is 53.3 Å². The molecule has 8 nitrogen and oxygen atoms in total. The van der Waals surface area contributed by atoms with E-state index in [1.54, 1.807) is 15.5 Å². The summed E-state index contributed by atoms with van der Waals surface area (Å²) in [6, 6.07) is 0. The topological polar surface area (TPSA) is 81.2 Å². The molecule has 140 valence electrons. The Labute approximate surface area is 160 Å². The number of fused-ring (bicyclic) bond motifs is 3. The summed E-state index contributed by atoms with van der Waals surface area (Å²) in [5.41, 5.74) is 3.39. The normalized spacial score (nSPS) is 11.6. The lowest BCUT2D eigenvalue weighted by Gasteiger charge is -2.17. The molecule has 0 unspecified atom stereocenters. The van der Waals surface area contributed by atoms with Gasteiger partial charge in [-0.3, -0.25) is 9.48 Å². The number of nitrogens with zero attached hydrogens (tertiary/aromatic N) is 7. The molecule has 0 aliphatic rings. The molecule has 0 N–H and O–H groups in total. The molecule has 0 saturated heterocycles. The summed E-state index contributed by atoms with van der Waals surface area (Å²) in [7, 11) is 1.88. The number of carbonyl (C=O) groups is 1. The molecule has 9 heteroatoms. The first-order valence-electron chi connectivity index (χ1n) is 8.88. The fourth-order valence-electron chi connectivity index (χ4n) is 3.33.